The van der Waals surface area contributed by atoms with E-state index in [1.807, 2.05) is 0 Å². The van der Waals surface area contributed by atoms with Gasteiger partial charge in [-0.15, -0.1) is 0 Å². The number of hydrogen-bond donors (Lipinski definition) is 3. The second kappa shape index (κ2) is 15.5. The van der Waals surface area contributed by atoms with Crippen LogP contribution in [-0.2, 0) is 30.4 Å². The first-order valence-corrected chi connectivity index (χ1v) is 16.6. The Morgan fingerprint density at radius 3 is 1.73 bits per heavy atom. The molecule has 0 bridgehead atoms. The van der Waals surface area contributed by atoms with Crippen LogP contribution in [0.3, 0.4) is 0 Å². The van der Waals surface area contributed by atoms with Crippen molar-refractivity contribution in [1.82, 2.24) is 15.0 Å². The number of nitrogens with zero attached hydrogens (tertiary/aromatic N) is 3. The van der Waals surface area contributed by atoms with Gasteiger partial charge < -0.3 is 30.0 Å². The number of nitrogen functional groups attached to an aromatic ring is 1. The third kappa shape index (κ3) is 8.60. The summed E-state index contributed by atoms with van der Waals surface area (Å²) in [6, 6.07) is 6.49. The number of nitrogens with one attached hydrogen (secondary N) is 2. The predicted molar refractivity (Wildman–Crippen MR) is 151 cm³/mol. The average molecular weight is 783 g/mol. The molecule has 0 atom stereocenters. The molecule has 0 unspecified atom stereocenters. The Kier molecular flexibility index (Phi) is 13.9. The van der Waals surface area contributed by atoms with Crippen molar-refractivity contribution in [2.75, 3.05) is 16.4 Å². The molecule has 0 spiro atoms. The molecule has 0 aliphatic heterocycles. The maximum Gasteiger partial charge on any atom is 1.00 e. The van der Waals surface area contributed by atoms with Crippen LogP contribution in [0.1, 0.15) is 31.8 Å². The van der Waals surface area contributed by atoms with Crippen LogP contribution in [0.4, 0.5) is 28.7 Å². The molecule has 0 amide bonds. The van der Waals surface area contributed by atoms with Crippen molar-refractivity contribution in [2.24, 2.45) is 0 Å². The van der Waals surface area contributed by atoms with Gasteiger partial charge in [0.1, 0.15) is 30.4 Å². The second-order valence-electron chi connectivity index (χ2n) is 8.95. The Labute approximate surface area is 347 Å². The summed E-state index contributed by atoms with van der Waals surface area (Å²) < 4.78 is 108. The molecule has 234 valence electrons. The predicted octanol–water partition coefficient (Wildman–Crippen LogP) is -7.25. The number of ketones is 2. The number of hydrogen-bond acceptors (Lipinski definition) is 17. The number of anilines is 5. The first kappa shape index (κ1) is 42.9. The largest absolute Gasteiger partial charge is 1.00 e. The number of rotatable bonds is 7. The Morgan fingerprint density at radius 1 is 0.625 bits per heavy atom. The topological polar surface area (TPSA) is 294 Å². The van der Waals surface area contributed by atoms with Crippen LogP contribution in [0.25, 0.3) is 0 Å². The maximum atomic E-state index is 13.8. The Morgan fingerprint density at radius 2 is 1.19 bits per heavy atom. The van der Waals surface area contributed by atoms with E-state index < -0.39 is 78.9 Å². The van der Waals surface area contributed by atoms with Crippen molar-refractivity contribution in [3.63, 3.8) is 0 Å². The number of fused-ring (bicyclic) bond motifs is 2. The van der Waals surface area contributed by atoms with E-state index in [9.17, 15) is 48.5 Å². The van der Waals surface area contributed by atoms with Gasteiger partial charge in [0, 0.05) is 16.9 Å². The van der Waals surface area contributed by atoms with Crippen molar-refractivity contribution in [1.29, 1.82) is 0 Å². The number of nitrogens with two attached hydrogens (primary N) is 1. The van der Waals surface area contributed by atoms with E-state index in [1.54, 1.807) is 0 Å². The van der Waals surface area contributed by atoms with Crippen molar-refractivity contribution in [2.45, 2.75) is 14.7 Å². The number of aromatic nitrogens is 3. The summed E-state index contributed by atoms with van der Waals surface area (Å²) in [5, 5.41) is 4.36. The second-order valence-corrected chi connectivity index (χ2v) is 13.6. The quantitative estimate of drug-likeness (QED) is 0.0785. The molecule has 17 nitrogen and oxygen atoms in total. The van der Waals surface area contributed by atoms with Crippen LogP contribution in [0.15, 0.2) is 57.2 Å². The molecule has 4 aromatic rings. The average Bonchev–Trinajstić information content (AvgIpc) is 2.90. The summed E-state index contributed by atoms with van der Waals surface area (Å²) in [5.74, 6) is -2.81. The molecule has 1 aromatic heterocycles. The van der Waals surface area contributed by atoms with Crippen molar-refractivity contribution in [3.8, 4) is 0 Å². The SMILES string of the molecule is Nc1ccc(Nc2ccc(Nc3nc(Cl)nc(Cl)n3)c(S(=O)(=O)[O-])c2)c2c1C(=O)c1ccc(S(=O)(=O)[O-])c(S(=O)(=O)[O-])c1C2=O.[Na+].[Na+].[Na+]. The molecular weight excluding hydrogens is 772 g/mol. The summed E-state index contributed by atoms with van der Waals surface area (Å²) in [5.41, 5.74) is 1.78. The molecule has 48 heavy (non-hydrogen) atoms. The molecule has 4 N–H and O–H groups in total. The minimum Gasteiger partial charge on any atom is -0.744 e. The molecule has 0 fully saturated rings. The molecule has 1 heterocycles. The fourth-order valence-electron chi connectivity index (χ4n) is 4.45. The van der Waals surface area contributed by atoms with Crippen LogP contribution in [0.5, 0.6) is 0 Å². The first-order chi connectivity index (χ1) is 20.8. The standard InChI is InChI=1S/C23H14Cl2N6O11S3.3Na/c24-21-29-22(25)31-23(30-21)28-11-4-1-8(7-14(11)44(37,38)39)27-12-5-3-10(26)16-17(12)19(33)15-9(18(16)32)2-6-13(43(34,35)36)20(15)45(40,41)42;;;/h1-7,27H,26H2,(H,34,35,36)(H,37,38,39)(H,40,41,42)(H,28,29,30,31);;;/q;3*+1/p-3. The van der Waals surface area contributed by atoms with Gasteiger partial charge in [-0.1, -0.05) is 0 Å². The Bertz CT molecular complexity index is 2330. The first-order valence-electron chi connectivity index (χ1n) is 11.6. The van der Waals surface area contributed by atoms with Gasteiger partial charge in [-0.3, -0.25) is 9.59 Å². The van der Waals surface area contributed by atoms with E-state index in [0.29, 0.717) is 12.1 Å². The molecule has 0 saturated heterocycles. The maximum absolute atomic E-state index is 13.8. The fraction of sp³-hybridized carbons (Fsp3) is 0. The molecule has 1 aliphatic carbocycles. The van der Waals surface area contributed by atoms with Gasteiger partial charge in [0.15, 0.2) is 11.6 Å². The summed E-state index contributed by atoms with van der Waals surface area (Å²) in [7, 11) is -16.7. The van der Waals surface area contributed by atoms with E-state index in [0.717, 1.165) is 24.3 Å². The van der Waals surface area contributed by atoms with E-state index in [1.165, 1.54) is 6.07 Å². The van der Waals surface area contributed by atoms with E-state index >= 15 is 0 Å². The van der Waals surface area contributed by atoms with Crippen molar-refractivity contribution in [3.05, 3.63) is 75.3 Å². The summed E-state index contributed by atoms with van der Waals surface area (Å²) >= 11 is 11.4. The van der Waals surface area contributed by atoms with E-state index in [4.69, 9.17) is 28.9 Å². The molecule has 1 aliphatic rings. The van der Waals surface area contributed by atoms with Crippen LogP contribution in [-0.4, -0.2) is 65.4 Å². The summed E-state index contributed by atoms with van der Waals surface area (Å²) in [6.07, 6.45) is 0. The third-order valence-corrected chi connectivity index (χ3v) is 9.31. The zero-order valence-corrected chi connectivity index (χ0v) is 34.4. The monoisotopic (exact) mass is 782 g/mol. The van der Waals surface area contributed by atoms with Gasteiger partial charge in [-0.05, 0) is 65.7 Å². The van der Waals surface area contributed by atoms with Gasteiger partial charge in [-0.2, -0.15) is 15.0 Å². The van der Waals surface area contributed by atoms with Gasteiger partial charge in [0.25, 0.3) is 0 Å². The van der Waals surface area contributed by atoms with Gasteiger partial charge in [-0.25, -0.2) is 25.3 Å². The van der Waals surface area contributed by atoms with Gasteiger partial charge >= 0.3 is 88.7 Å². The van der Waals surface area contributed by atoms with Crippen LogP contribution >= 0.6 is 23.2 Å². The number of halogens is 2. The van der Waals surface area contributed by atoms with Crippen molar-refractivity contribution < 1.29 is 137 Å². The van der Waals surface area contributed by atoms with Gasteiger partial charge in [0.05, 0.1) is 42.8 Å². The fourth-order valence-corrected chi connectivity index (χ4v) is 7.42. The smallest absolute Gasteiger partial charge is 0.744 e. The van der Waals surface area contributed by atoms with E-state index in [2.05, 4.69) is 25.6 Å². The van der Waals surface area contributed by atoms with Crippen LogP contribution in [0, 0.1) is 0 Å². The molecule has 5 rings (SSSR count). The Hall–Kier alpha value is -1.28. The number of carbonyl (C=O) groups excluding carboxylic acids is 2. The molecule has 25 heteroatoms. The van der Waals surface area contributed by atoms with Crippen LogP contribution in [0.2, 0.25) is 10.6 Å². The summed E-state index contributed by atoms with van der Waals surface area (Å²) in [6.45, 7) is 0. The summed E-state index contributed by atoms with van der Waals surface area (Å²) in [4.78, 5) is 34.0. The van der Waals surface area contributed by atoms with Crippen LogP contribution < -0.4 is 105 Å². The third-order valence-electron chi connectivity index (χ3n) is 6.16. The molecule has 0 radical (unpaired) electrons. The molecule has 0 saturated carbocycles. The zero-order chi connectivity index (χ0) is 33.2. The zero-order valence-electron chi connectivity index (χ0n) is 24.4. The Balaban J connectivity index is 0.00000267. The van der Waals surface area contributed by atoms with Crippen molar-refractivity contribution >= 4 is 93.8 Å². The number of carbonyl (C=O) groups is 2. The normalized spacial score (nSPS) is 12.4. The molecular formula is C23H11Cl2N6Na3O11S3. The minimum absolute atomic E-state index is 0. The van der Waals surface area contributed by atoms with Gasteiger partial charge in [0.2, 0.25) is 16.5 Å². The van der Waals surface area contributed by atoms with E-state index in [-0.39, 0.29) is 128 Å². The minimum atomic E-state index is -5.85. The molecule has 3 aromatic carbocycles. The number of benzene rings is 3.